The summed E-state index contributed by atoms with van der Waals surface area (Å²) in [5.41, 5.74) is -0.177. The van der Waals surface area contributed by atoms with Gasteiger partial charge in [-0.3, -0.25) is 5.10 Å². The zero-order valence-corrected chi connectivity index (χ0v) is 10.2. The molecule has 0 atom stereocenters. The fourth-order valence-electron chi connectivity index (χ4n) is 1.09. The Labute approximate surface area is 105 Å². The zero-order chi connectivity index (χ0) is 12.4. The summed E-state index contributed by atoms with van der Waals surface area (Å²) in [6.07, 6.45) is 0. The normalized spacial score (nSPS) is 10.5. The van der Waals surface area contributed by atoms with Crippen LogP contribution in [0.4, 0.5) is 0 Å². The molecule has 0 aliphatic rings. The number of carboxylic acids is 1. The van der Waals surface area contributed by atoms with Crippen molar-refractivity contribution in [3.63, 3.8) is 0 Å². The van der Waals surface area contributed by atoms with Crippen LogP contribution in [0.1, 0.15) is 16.3 Å². The van der Waals surface area contributed by atoms with Gasteiger partial charge < -0.3 is 5.11 Å². The second kappa shape index (κ2) is 4.72. The topological polar surface area (TPSA) is 91.8 Å². The Hall–Kier alpha value is -1.60. The molecule has 0 saturated carbocycles. The number of carboxylic acid groups (broad SMARTS) is 1. The molecule has 2 N–H and O–H groups in total. The lowest BCUT2D eigenvalue weighted by Crippen LogP contribution is -2.01. The molecule has 8 heteroatoms. The van der Waals surface area contributed by atoms with Crippen molar-refractivity contribution in [2.24, 2.45) is 0 Å². The molecular weight excluding hydrogens is 264 g/mol. The number of hydrogen-bond acceptors (Lipinski definition) is 5. The van der Waals surface area contributed by atoms with Gasteiger partial charge in [-0.15, -0.1) is 5.10 Å². The molecule has 0 fully saturated rings. The van der Waals surface area contributed by atoms with Crippen molar-refractivity contribution >= 4 is 29.3 Å². The van der Waals surface area contributed by atoms with Gasteiger partial charge in [0.15, 0.2) is 5.69 Å². The second-order valence-electron chi connectivity index (χ2n) is 3.09. The van der Waals surface area contributed by atoms with Crippen LogP contribution in [0.2, 0.25) is 5.02 Å². The molecule has 0 bridgehead atoms. The highest BCUT2D eigenvalue weighted by atomic mass is 35.5. The van der Waals surface area contributed by atoms with E-state index in [1.54, 1.807) is 13.0 Å². The Bertz CT molecular complexity index is 572. The average molecular weight is 271 g/mol. The minimum atomic E-state index is -1.16. The number of nitrogens with one attached hydrogen (secondary N) is 1. The van der Waals surface area contributed by atoms with Gasteiger partial charge in [0, 0.05) is 0 Å². The summed E-state index contributed by atoms with van der Waals surface area (Å²) in [5, 5.41) is 16.5. The fraction of sp³-hybridized carbons (Fsp3) is 0.111. The number of aromatic carboxylic acids is 1. The number of halogens is 1. The smallest absolute Gasteiger partial charge is 0.356 e. The van der Waals surface area contributed by atoms with Crippen molar-refractivity contribution in [3.8, 4) is 0 Å². The first-order chi connectivity index (χ1) is 8.06. The molecule has 6 nitrogen and oxygen atoms in total. The molecule has 2 heterocycles. The molecule has 0 radical (unpaired) electrons. The van der Waals surface area contributed by atoms with Gasteiger partial charge in [-0.2, -0.15) is 0 Å². The highest BCUT2D eigenvalue weighted by molar-refractivity contribution is 7.99. The molecule has 0 saturated heterocycles. The van der Waals surface area contributed by atoms with Crippen LogP contribution in [0.5, 0.6) is 0 Å². The number of carbonyl (C=O) groups is 1. The molecule has 2 aromatic rings. The predicted molar refractivity (Wildman–Crippen MR) is 61.4 cm³/mol. The van der Waals surface area contributed by atoms with E-state index in [-0.39, 0.29) is 10.7 Å². The Kier molecular flexibility index (Phi) is 3.30. The molecule has 0 amide bonds. The van der Waals surface area contributed by atoms with Crippen molar-refractivity contribution in [2.45, 2.75) is 17.1 Å². The van der Waals surface area contributed by atoms with Crippen LogP contribution in [-0.4, -0.2) is 31.2 Å². The number of aryl methyl sites for hydroxylation is 1. The second-order valence-corrected chi connectivity index (χ2v) is 4.49. The number of aromatic nitrogens is 4. The van der Waals surface area contributed by atoms with E-state index in [2.05, 4.69) is 20.2 Å². The minimum absolute atomic E-state index is 0.105. The number of pyridine rings is 1. The van der Waals surface area contributed by atoms with E-state index in [1.165, 1.54) is 6.07 Å². The predicted octanol–water partition coefficient (Wildman–Crippen LogP) is 2.01. The monoisotopic (exact) mass is 270 g/mol. The van der Waals surface area contributed by atoms with Crippen LogP contribution in [0.3, 0.4) is 0 Å². The van der Waals surface area contributed by atoms with E-state index in [0.29, 0.717) is 16.0 Å². The summed E-state index contributed by atoms with van der Waals surface area (Å²) in [6, 6.07) is 3.10. The van der Waals surface area contributed by atoms with E-state index < -0.39 is 5.97 Å². The van der Waals surface area contributed by atoms with Crippen LogP contribution in [-0.2, 0) is 0 Å². The van der Waals surface area contributed by atoms with Gasteiger partial charge >= 0.3 is 5.97 Å². The van der Waals surface area contributed by atoms with E-state index in [0.717, 1.165) is 11.8 Å². The first-order valence-electron chi connectivity index (χ1n) is 4.53. The molecule has 2 rings (SSSR count). The molecule has 88 valence electrons. The summed E-state index contributed by atoms with van der Waals surface area (Å²) in [4.78, 5) is 18.8. The molecule has 0 aromatic carbocycles. The molecule has 2 aromatic heterocycles. The van der Waals surface area contributed by atoms with Crippen molar-refractivity contribution < 1.29 is 9.90 Å². The zero-order valence-electron chi connectivity index (χ0n) is 8.64. The van der Waals surface area contributed by atoms with E-state index >= 15 is 0 Å². The van der Waals surface area contributed by atoms with Crippen molar-refractivity contribution in [2.75, 3.05) is 0 Å². The number of hydrogen-bond donors (Lipinski definition) is 2. The Morgan fingerprint density at radius 3 is 2.82 bits per heavy atom. The van der Waals surface area contributed by atoms with Crippen molar-refractivity contribution in [3.05, 3.63) is 28.7 Å². The third-order valence-electron chi connectivity index (χ3n) is 1.80. The SMILES string of the molecule is Cc1nc(Sc2ccc(Cl)c(C(=O)O)n2)n[nH]1. The van der Waals surface area contributed by atoms with Crippen molar-refractivity contribution in [1.82, 2.24) is 20.2 Å². The summed E-state index contributed by atoms with van der Waals surface area (Å²) < 4.78 is 0. The van der Waals surface area contributed by atoms with Gasteiger partial charge in [0.05, 0.1) is 5.02 Å². The lowest BCUT2D eigenvalue weighted by atomic mass is 10.3. The molecule has 17 heavy (non-hydrogen) atoms. The van der Waals surface area contributed by atoms with Crippen LogP contribution in [0, 0.1) is 6.92 Å². The maximum atomic E-state index is 10.8. The molecular formula is C9H7ClN4O2S. The van der Waals surface area contributed by atoms with Crippen molar-refractivity contribution in [1.29, 1.82) is 0 Å². The maximum Gasteiger partial charge on any atom is 0.356 e. The summed E-state index contributed by atoms with van der Waals surface area (Å²) in [5.74, 6) is -0.483. The largest absolute Gasteiger partial charge is 0.476 e. The third-order valence-corrected chi connectivity index (χ3v) is 2.90. The summed E-state index contributed by atoms with van der Waals surface area (Å²) in [6.45, 7) is 1.77. The highest BCUT2D eigenvalue weighted by Gasteiger charge is 2.13. The average Bonchev–Trinajstić information content (AvgIpc) is 2.66. The van der Waals surface area contributed by atoms with Crippen LogP contribution < -0.4 is 0 Å². The quantitative estimate of drug-likeness (QED) is 0.886. The first-order valence-corrected chi connectivity index (χ1v) is 5.72. The Morgan fingerprint density at radius 1 is 1.47 bits per heavy atom. The lowest BCUT2D eigenvalue weighted by Gasteiger charge is -2.00. The number of nitrogens with zero attached hydrogens (tertiary/aromatic N) is 3. The van der Waals surface area contributed by atoms with Gasteiger partial charge in [0.1, 0.15) is 10.9 Å². The van der Waals surface area contributed by atoms with Gasteiger partial charge in [-0.05, 0) is 30.8 Å². The highest BCUT2D eigenvalue weighted by Crippen LogP contribution is 2.25. The Balaban J connectivity index is 2.28. The molecule has 0 aliphatic carbocycles. The van der Waals surface area contributed by atoms with E-state index in [4.69, 9.17) is 16.7 Å². The molecule has 0 spiro atoms. The van der Waals surface area contributed by atoms with Gasteiger partial charge in [-0.25, -0.2) is 14.8 Å². The first kappa shape index (κ1) is 11.9. The summed E-state index contributed by atoms with van der Waals surface area (Å²) in [7, 11) is 0. The van der Waals surface area contributed by atoms with Crippen LogP contribution in [0.25, 0.3) is 0 Å². The number of H-pyrrole nitrogens is 1. The molecule has 0 aliphatic heterocycles. The number of rotatable bonds is 3. The van der Waals surface area contributed by atoms with E-state index in [9.17, 15) is 4.79 Å². The Morgan fingerprint density at radius 2 is 2.24 bits per heavy atom. The standard InChI is InChI=1S/C9H7ClN4O2S/c1-4-11-9(14-13-4)17-6-3-2-5(10)7(12-6)8(15)16/h2-3H,1H3,(H,15,16)(H,11,13,14). The summed E-state index contributed by atoms with van der Waals surface area (Å²) >= 11 is 6.87. The third kappa shape index (κ3) is 2.75. The maximum absolute atomic E-state index is 10.8. The minimum Gasteiger partial charge on any atom is -0.476 e. The van der Waals surface area contributed by atoms with Gasteiger partial charge in [0.2, 0.25) is 5.16 Å². The van der Waals surface area contributed by atoms with E-state index in [1.807, 2.05) is 0 Å². The van der Waals surface area contributed by atoms with Crippen LogP contribution >= 0.6 is 23.4 Å². The molecule has 0 unspecified atom stereocenters. The van der Waals surface area contributed by atoms with Crippen LogP contribution in [0.15, 0.2) is 22.3 Å². The fourth-order valence-corrected chi connectivity index (χ4v) is 2.01. The number of aromatic amines is 1. The van der Waals surface area contributed by atoms with Gasteiger partial charge in [0.25, 0.3) is 0 Å². The van der Waals surface area contributed by atoms with Gasteiger partial charge in [-0.1, -0.05) is 11.6 Å². The lowest BCUT2D eigenvalue weighted by molar-refractivity contribution is 0.0690.